The standard InChI is InChI=1S/C18H19N3O5S2/c1-21-17(23)16-11(5-6-27-16)20-18(21)28-9-14(22)19-10-7-12(24-2)15(26-4)13(8-10)25-3/h5-8H,9H2,1-4H3,(H,19,22). The topological polar surface area (TPSA) is 91.7 Å². The first-order valence-electron chi connectivity index (χ1n) is 8.15. The number of thioether (sulfide) groups is 1. The summed E-state index contributed by atoms with van der Waals surface area (Å²) in [5, 5.41) is 5.10. The van der Waals surface area contributed by atoms with E-state index < -0.39 is 0 Å². The molecule has 1 N–H and O–H groups in total. The number of benzene rings is 1. The zero-order valence-electron chi connectivity index (χ0n) is 15.8. The van der Waals surface area contributed by atoms with Crippen LogP contribution in [0.5, 0.6) is 17.2 Å². The van der Waals surface area contributed by atoms with E-state index in [1.165, 1.54) is 49.0 Å². The number of ether oxygens (including phenoxy) is 3. The summed E-state index contributed by atoms with van der Waals surface area (Å²) in [5.41, 5.74) is 1.03. The summed E-state index contributed by atoms with van der Waals surface area (Å²) in [7, 11) is 6.17. The van der Waals surface area contributed by atoms with Crippen molar-refractivity contribution in [3.8, 4) is 17.2 Å². The highest BCUT2D eigenvalue weighted by atomic mass is 32.2. The third-order valence-electron chi connectivity index (χ3n) is 3.93. The lowest BCUT2D eigenvalue weighted by Gasteiger charge is -2.14. The maximum atomic E-state index is 12.4. The summed E-state index contributed by atoms with van der Waals surface area (Å²) in [4.78, 5) is 29.2. The van der Waals surface area contributed by atoms with Gasteiger partial charge in [-0.05, 0) is 11.4 Å². The van der Waals surface area contributed by atoms with Gasteiger partial charge < -0.3 is 19.5 Å². The molecule has 3 aromatic rings. The predicted molar refractivity (Wildman–Crippen MR) is 110 cm³/mol. The molecule has 1 amide bonds. The van der Waals surface area contributed by atoms with Crippen LogP contribution in [0.2, 0.25) is 0 Å². The lowest BCUT2D eigenvalue weighted by atomic mass is 10.2. The summed E-state index contributed by atoms with van der Waals surface area (Å²) >= 11 is 2.55. The van der Waals surface area contributed by atoms with Gasteiger partial charge >= 0.3 is 0 Å². The molecule has 0 atom stereocenters. The Morgan fingerprint density at radius 3 is 2.50 bits per heavy atom. The fraction of sp³-hybridized carbons (Fsp3) is 0.278. The predicted octanol–water partition coefficient (Wildman–Crippen LogP) is 2.75. The number of carbonyl (C=O) groups excluding carboxylic acids is 1. The molecular weight excluding hydrogens is 402 g/mol. The van der Waals surface area contributed by atoms with E-state index in [2.05, 4.69) is 10.3 Å². The van der Waals surface area contributed by atoms with Gasteiger partial charge in [0.1, 0.15) is 4.70 Å². The molecule has 2 aromatic heterocycles. The van der Waals surface area contributed by atoms with E-state index in [1.807, 2.05) is 5.38 Å². The van der Waals surface area contributed by atoms with Crippen molar-refractivity contribution in [1.29, 1.82) is 0 Å². The van der Waals surface area contributed by atoms with Gasteiger partial charge in [-0.3, -0.25) is 14.2 Å². The van der Waals surface area contributed by atoms with Crippen molar-refractivity contribution in [2.24, 2.45) is 7.05 Å². The maximum absolute atomic E-state index is 12.4. The fourth-order valence-electron chi connectivity index (χ4n) is 2.58. The highest BCUT2D eigenvalue weighted by Crippen LogP contribution is 2.40. The van der Waals surface area contributed by atoms with E-state index in [4.69, 9.17) is 14.2 Å². The van der Waals surface area contributed by atoms with E-state index in [0.29, 0.717) is 38.3 Å². The second kappa shape index (κ2) is 8.53. The van der Waals surface area contributed by atoms with Gasteiger partial charge in [0.25, 0.3) is 5.56 Å². The van der Waals surface area contributed by atoms with Crippen molar-refractivity contribution < 1.29 is 19.0 Å². The molecule has 0 aliphatic heterocycles. The lowest BCUT2D eigenvalue weighted by molar-refractivity contribution is -0.113. The van der Waals surface area contributed by atoms with Gasteiger partial charge in [0.2, 0.25) is 11.7 Å². The summed E-state index contributed by atoms with van der Waals surface area (Å²) < 4.78 is 17.9. The van der Waals surface area contributed by atoms with Gasteiger partial charge in [0, 0.05) is 24.9 Å². The fourth-order valence-corrected chi connectivity index (χ4v) is 4.15. The minimum absolute atomic E-state index is 0.0899. The second-order valence-electron chi connectivity index (χ2n) is 5.64. The van der Waals surface area contributed by atoms with Gasteiger partial charge in [-0.2, -0.15) is 0 Å². The van der Waals surface area contributed by atoms with E-state index in [9.17, 15) is 9.59 Å². The largest absolute Gasteiger partial charge is 0.493 e. The summed E-state index contributed by atoms with van der Waals surface area (Å²) in [5.74, 6) is 1.17. The Bertz CT molecular complexity index is 1050. The smallest absolute Gasteiger partial charge is 0.271 e. The molecule has 10 heteroatoms. The average molecular weight is 422 g/mol. The monoisotopic (exact) mass is 421 g/mol. The number of thiophene rings is 1. The Morgan fingerprint density at radius 1 is 1.21 bits per heavy atom. The maximum Gasteiger partial charge on any atom is 0.271 e. The van der Waals surface area contributed by atoms with Crippen LogP contribution in [0.1, 0.15) is 0 Å². The number of carbonyl (C=O) groups is 1. The summed E-state index contributed by atoms with van der Waals surface area (Å²) in [6.07, 6.45) is 0. The minimum atomic E-state index is -0.251. The molecule has 3 rings (SSSR count). The molecule has 0 aliphatic rings. The number of rotatable bonds is 7. The Balaban J connectivity index is 1.75. The summed E-state index contributed by atoms with van der Waals surface area (Å²) in [6, 6.07) is 5.09. The van der Waals surface area contributed by atoms with E-state index in [-0.39, 0.29) is 17.2 Å². The van der Waals surface area contributed by atoms with Crippen LogP contribution in [0.15, 0.2) is 33.5 Å². The molecule has 0 saturated heterocycles. The van der Waals surface area contributed by atoms with Crippen LogP contribution in [-0.2, 0) is 11.8 Å². The Morgan fingerprint density at radius 2 is 1.89 bits per heavy atom. The Labute approximate surface area is 169 Å². The molecule has 1 aromatic carbocycles. The lowest BCUT2D eigenvalue weighted by Crippen LogP contribution is -2.20. The van der Waals surface area contributed by atoms with Gasteiger partial charge in [-0.25, -0.2) is 4.98 Å². The van der Waals surface area contributed by atoms with Crippen molar-refractivity contribution in [3.05, 3.63) is 33.9 Å². The van der Waals surface area contributed by atoms with E-state index >= 15 is 0 Å². The Hall–Kier alpha value is -2.72. The third-order valence-corrected chi connectivity index (χ3v) is 5.85. The van der Waals surface area contributed by atoms with E-state index in [1.54, 1.807) is 25.2 Å². The highest BCUT2D eigenvalue weighted by Gasteiger charge is 2.16. The number of fused-ring (bicyclic) bond motifs is 1. The van der Waals surface area contributed by atoms with Crippen molar-refractivity contribution >= 4 is 44.9 Å². The van der Waals surface area contributed by atoms with Gasteiger partial charge in [0.15, 0.2) is 16.7 Å². The van der Waals surface area contributed by atoms with Gasteiger partial charge in [-0.1, -0.05) is 11.8 Å². The van der Waals surface area contributed by atoms with E-state index in [0.717, 1.165) is 0 Å². The molecule has 148 valence electrons. The van der Waals surface area contributed by atoms with Crippen LogP contribution in [0, 0.1) is 0 Å². The molecule has 0 unspecified atom stereocenters. The number of amides is 1. The molecule has 8 nitrogen and oxygen atoms in total. The number of nitrogens with one attached hydrogen (secondary N) is 1. The molecule has 0 saturated carbocycles. The third kappa shape index (κ3) is 3.92. The number of aromatic nitrogens is 2. The van der Waals surface area contributed by atoms with Crippen molar-refractivity contribution in [2.75, 3.05) is 32.4 Å². The van der Waals surface area contributed by atoms with Crippen molar-refractivity contribution in [2.45, 2.75) is 5.16 Å². The van der Waals surface area contributed by atoms with Crippen molar-refractivity contribution in [1.82, 2.24) is 9.55 Å². The zero-order chi connectivity index (χ0) is 20.3. The number of nitrogens with zero attached hydrogens (tertiary/aromatic N) is 2. The van der Waals surface area contributed by atoms with Gasteiger partial charge in [0.05, 0.1) is 32.6 Å². The molecule has 28 heavy (non-hydrogen) atoms. The molecule has 0 aliphatic carbocycles. The molecule has 0 bridgehead atoms. The first kappa shape index (κ1) is 20.0. The molecule has 0 spiro atoms. The second-order valence-corrected chi connectivity index (χ2v) is 7.50. The number of hydrogen-bond donors (Lipinski definition) is 1. The van der Waals surface area contributed by atoms with Crippen LogP contribution in [0.25, 0.3) is 10.2 Å². The summed E-state index contributed by atoms with van der Waals surface area (Å²) in [6.45, 7) is 0. The minimum Gasteiger partial charge on any atom is -0.493 e. The van der Waals surface area contributed by atoms with Crippen LogP contribution >= 0.6 is 23.1 Å². The average Bonchev–Trinajstić information content (AvgIpc) is 3.17. The van der Waals surface area contributed by atoms with Crippen LogP contribution in [0.4, 0.5) is 5.69 Å². The molecule has 2 heterocycles. The first-order valence-corrected chi connectivity index (χ1v) is 10.0. The number of hydrogen-bond acceptors (Lipinski definition) is 8. The molecular formula is C18H19N3O5S2. The SMILES string of the molecule is COc1cc(NC(=O)CSc2nc3ccsc3c(=O)n2C)cc(OC)c1OC. The van der Waals surface area contributed by atoms with Crippen LogP contribution < -0.4 is 25.1 Å². The normalized spacial score (nSPS) is 10.7. The quantitative estimate of drug-likeness (QED) is 0.463. The molecule has 0 radical (unpaired) electrons. The first-order chi connectivity index (χ1) is 13.5. The Kier molecular flexibility index (Phi) is 6.10. The van der Waals surface area contributed by atoms with Crippen LogP contribution in [-0.4, -0.2) is 42.5 Å². The molecule has 0 fully saturated rings. The van der Waals surface area contributed by atoms with Crippen molar-refractivity contribution in [3.63, 3.8) is 0 Å². The van der Waals surface area contributed by atoms with Gasteiger partial charge in [-0.15, -0.1) is 11.3 Å². The number of methoxy groups -OCH3 is 3. The highest BCUT2D eigenvalue weighted by molar-refractivity contribution is 7.99. The number of anilines is 1. The van der Waals surface area contributed by atoms with Crippen LogP contribution in [0.3, 0.4) is 0 Å². The zero-order valence-corrected chi connectivity index (χ0v) is 17.4.